The number of rotatable bonds is 6. The highest BCUT2D eigenvalue weighted by Gasteiger charge is 2.30. The molecule has 0 radical (unpaired) electrons. The summed E-state index contributed by atoms with van der Waals surface area (Å²) in [5.41, 5.74) is 14.6. The molecule has 51 heavy (non-hydrogen) atoms. The minimum atomic E-state index is 0.151. The fourth-order valence-electron chi connectivity index (χ4n) is 7.81. The van der Waals surface area contributed by atoms with E-state index in [1.54, 1.807) is 0 Å². The van der Waals surface area contributed by atoms with Crippen LogP contribution in [0.3, 0.4) is 0 Å². The Hall–Kier alpha value is -6.71. The molecule has 0 spiro atoms. The number of aromatic nitrogens is 1. The summed E-state index contributed by atoms with van der Waals surface area (Å²) in [5.74, 6) is 0.771. The quantitative estimate of drug-likeness (QED) is 0.179. The Labute approximate surface area is 296 Å². The molecule has 1 unspecified atom stereocenters. The Morgan fingerprint density at radius 1 is 0.451 bits per heavy atom. The molecule has 240 valence electrons. The second-order valence-corrected chi connectivity index (χ2v) is 13.1. The van der Waals surface area contributed by atoms with Crippen molar-refractivity contribution in [1.29, 1.82) is 0 Å². The van der Waals surface area contributed by atoms with E-state index in [1.807, 2.05) is 30.3 Å². The molecule has 0 fully saturated rings. The molecule has 9 aromatic rings. The lowest BCUT2D eigenvalue weighted by Crippen LogP contribution is -2.11. The van der Waals surface area contributed by atoms with Gasteiger partial charge in [0.15, 0.2) is 5.58 Å². The second-order valence-electron chi connectivity index (χ2n) is 13.1. The Morgan fingerprint density at radius 3 is 1.96 bits per heavy atom. The minimum absolute atomic E-state index is 0.151. The standard InChI is InChI=1S/C48H32N2O/c1-3-13-34(14-4-1)47-43-20-10-9-19-41(43)42-28-26-37(30-44(42)47)50(38-27-29-45-46(31-38)51-48(49-45)35-15-5-2-6-16-35)36-24-22-33(23-25-36)40-21-11-17-32-12-7-8-18-39(32)40/h1-31,47H. The molecule has 0 aliphatic heterocycles. The molecular weight excluding hydrogens is 621 g/mol. The van der Waals surface area contributed by atoms with Crippen molar-refractivity contribution in [3.8, 4) is 33.7 Å². The molecule has 1 aliphatic carbocycles. The number of benzene rings is 8. The lowest BCUT2D eigenvalue weighted by atomic mass is 9.89. The summed E-state index contributed by atoms with van der Waals surface area (Å²) >= 11 is 0. The summed E-state index contributed by atoms with van der Waals surface area (Å²) in [5, 5.41) is 2.49. The van der Waals surface area contributed by atoms with E-state index in [4.69, 9.17) is 9.40 Å². The van der Waals surface area contributed by atoms with E-state index >= 15 is 0 Å². The second kappa shape index (κ2) is 12.0. The average molecular weight is 653 g/mol. The van der Waals surface area contributed by atoms with Gasteiger partial charge >= 0.3 is 0 Å². The molecule has 0 saturated heterocycles. The van der Waals surface area contributed by atoms with Gasteiger partial charge in [0.05, 0.1) is 0 Å². The van der Waals surface area contributed by atoms with Gasteiger partial charge in [0.2, 0.25) is 5.89 Å². The Bertz CT molecular complexity index is 2690. The van der Waals surface area contributed by atoms with Gasteiger partial charge in [0.1, 0.15) is 5.52 Å². The van der Waals surface area contributed by atoms with Crippen molar-refractivity contribution in [2.75, 3.05) is 4.90 Å². The highest BCUT2D eigenvalue weighted by atomic mass is 16.3. The number of oxazole rings is 1. The van der Waals surface area contributed by atoms with E-state index in [-0.39, 0.29) is 5.92 Å². The highest BCUT2D eigenvalue weighted by Crippen LogP contribution is 2.50. The molecule has 0 bridgehead atoms. The third kappa shape index (κ3) is 5.02. The van der Waals surface area contributed by atoms with Gasteiger partial charge in [-0.05, 0) is 98.2 Å². The first-order valence-electron chi connectivity index (χ1n) is 17.4. The lowest BCUT2D eigenvalue weighted by Gasteiger charge is -2.27. The maximum atomic E-state index is 6.39. The van der Waals surface area contributed by atoms with Crippen molar-refractivity contribution in [1.82, 2.24) is 4.98 Å². The van der Waals surface area contributed by atoms with Gasteiger partial charge in [-0.25, -0.2) is 4.98 Å². The summed E-state index contributed by atoms with van der Waals surface area (Å²) < 4.78 is 6.39. The number of hydrogen-bond donors (Lipinski definition) is 0. The van der Waals surface area contributed by atoms with Gasteiger partial charge in [-0.2, -0.15) is 0 Å². The van der Waals surface area contributed by atoms with Crippen LogP contribution in [0.15, 0.2) is 192 Å². The summed E-state index contributed by atoms with van der Waals surface area (Å²) in [6.45, 7) is 0. The van der Waals surface area contributed by atoms with E-state index in [0.717, 1.165) is 33.7 Å². The van der Waals surface area contributed by atoms with Crippen LogP contribution >= 0.6 is 0 Å². The van der Waals surface area contributed by atoms with Crippen LogP contribution in [0, 0.1) is 0 Å². The molecule has 1 atom stereocenters. The molecule has 3 nitrogen and oxygen atoms in total. The summed E-state index contributed by atoms with van der Waals surface area (Å²) in [4.78, 5) is 7.16. The fraction of sp³-hybridized carbons (Fsp3) is 0.0208. The Kier molecular flexibility index (Phi) is 6.88. The molecular formula is C48H32N2O. The summed E-state index contributed by atoms with van der Waals surface area (Å²) in [6, 6.07) is 67.1. The smallest absolute Gasteiger partial charge is 0.227 e. The lowest BCUT2D eigenvalue weighted by molar-refractivity contribution is 0.620. The van der Waals surface area contributed by atoms with Crippen LogP contribution < -0.4 is 4.90 Å². The monoisotopic (exact) mass is 652 g/mol. The number of nitrogens with zero attached hydrogens (tertiary/aromatic N) is 2. The van der Waals surface area contributed by atoms with Crippen LogP contribution in [0.2, 0.25) is 0 Å². The Morgan fingerprint density at radius 2 is 1.10 bits per heavy atom. The van der Waals surface area contributed by atoms with Crippen molar-refractivity contribution >= 4 is 38.9 Å². The summed E-state index contributed by atoms with van der Waals surface area (Å²) in [7, 11) is 0. The third-order valence-corrected chi connectivity index (χ3v) is 10.2. The fourth-order valence-corrected chi connectivity index (χ4v) is 7.81. The van der Waals surface area contributed by atoms with Gasteiger partial charge in [-0.3, -0.25) is 0 Å². The number of hydrogen-bond acceptors (Lipinski definition) is 3. The van der Waals surface area contributed by atoms with Gasteiger partial charge < -0.3 is 9.32 Å². The van der Waals surface area contributed by atoms with Crippen LogP contribution in [-0.4, -0.2) is 4.98 Å². The van der Waals surface area contributed by atoms with Crippen LogP contribution in [0.5, 0.6) is 0 Å². The van der Waals surface area contributed by atoms with E-state index < -0.39 is 0 Å². The maximum Gasteiger partial charge on any atom is 0.227 e. The molecule has 1 aromatic heterocycles. The number of anilines is 3. The predicted molar refractivity (Wildman–Crippen MR) is 210 cm³/mol. The van der Waals surface area contributed by atoms with Crippen LogP contribution in [0.25, 0.3) is 55.6 Å². The van der Waals surface area contributed by atoms with Gasteiger partial charge in [0, 0.05) is 34.6 Å². The maximum absolute atomic E-state index is 6.39. The topological polar surface area (TPSA) is 29.3 Å². The van der Waals surface area contributed by atoms with Crippen LogP contribution in [-0.2, 0) is 0 Å². The molecule has 1 heterocycles. The van der Waals surface area contributed by atoms with E-state index in [1.165, 1.54) is 49.7 Å². The average Bonchev–Trinajstić information content (AvgIpc) is 3.78. The molecule has 8 aromatic carbocycles. The van der Waals surface area contributed by atoms with Crippen molar-refractivity contribution < 1.29 is 4.42 Å². The number of fused-ring (bicyclic) bond motifs is 5. The van der Waals surface area contributed by atoms with Crippen molar-refractivity contribution in [2.24, 2.45) is 0 Å². The zero-order valence-electron chi connectivity index (χ0n) is 27.8. The molecule has 0 saturated carbocycles. The zero-order valence-corrected chi connectivity index (χ0v) is 27.8. The first kappa shape index (κ1) is 29.2. The Balaban J connectivity index is 1.13. The molecule has 3 heteroatoms. The summed E-state index contributed by atoms with van der Waals surface area (Å²) in [6.07, 6.45) is 0. The predicted octanol–water partition coefficient (Wildman–Crippen LogP) is 12.9. The molecule has 10 rings (SSSR count). The third-order valence-electron chi connectivity index (χ3n) is 10.2. The van der Waals surface area contributed by atoms with Crippen molar-refractivity contribution in [2.45, 2.75) is 5.92 Å². The van der Waals surface area contributed by atoms with Crippen molar-refractivity contribution in [3.05, 3.63) is 205 Å². The molecule has 1 aliphatic rings. The van der Waals surface area contributed by atoms with E-state index in [2.05, 4.69) is 163 Å². The van der Waals surface area contributed by atoms with Crippen LogP contribution in [0.4, 0.5) is 17.1 Å². The molecule has 0 N–H and O–H groups in total. The highest BCUT2D eigenvalue weighted by molar-refractivity contribution is 5.97. The first-order valence-corrected chi connectivity index (χ1v) is 17.4. The largest absolute Gasteiger partial charge is 0.436 e. The van der Waals surface area contributed by atoms with Gasteiger partial charge in [0.25, 0.3) is 0 Å². The minimum Gasteiger partial charge on any atom is -0.436 e. The normalized spacial score (nSPS) is 13.3. The first-order chi connectivity index (χ1) is 25.3. The van der Waals surface area contributed by atoms with E-state index in [9.17, 15) is 0 Å². The van der Waals surface area contributed by atoms with Gasteiger partial charge in [-0.1, -0.05) is 133 Å². The van der Waals surface area contributed by atoms with Crippen LogP contribution in [0.1, 0.15) is 22.6 Å². The molecule has 0 amide bonds. The zero-order chi connectivity index (χ0) is 33.7. The SMILES string of the molecule is c1ccc(-c2nc3ccc(N(c4ccc(-c5cccc6ccccc56)cc4)c4ccc5c(c4)C(c4ccccc4)c4ccccc4-5)cc3o2)cc1. The van der Waals surface area contributed by atoms with E-state index in [0.29, 0.717) is 5.89 Å². The van der Waals surface area contributed by atoms with Gasteiger partial charge in [-0.15, -0.1) is 0 Å². The van der Waals surface area contributed by atoms with Crippen molar-refractivity contribution in [3.63, 3.8) is 0 Å².